The number of nitrogens with two attached hydrogens (primary N) is 1. The van der Waals surface area contributed by atoms with Crippen molar-refractivity contribution in [2.45, 2.75) is 12.6 Å². The summed E-state index contributed by atoms with van der Waals surface area (Å²) in [5, 5.41) is 9.66. The molecule has 0 spiro atoms. The summed E-state index contributed by atoms with van der Waals surface area (Å²) in [5.41, 5.74) is 8.70. The molecule has 0 saturated heterocycles. The van der Waals surface area contributed by atoms with E-state index in [0.29, 0.717) is 0 Å². The van der Waals surface area contributed by atoms with E-state index in [1.54, 1.807) is 0 Å². The average Bonchev–Trinajstić information content (AvgIpc) is 2.47. The van der Waals surface area contributed by atoms with Crippen molar-refractivity contribution in [3.05, 3.63) is 65.7 Å². The molecule has 1 unspecified atom stereocenters. The summed E-state index contributed by atoms with van der Waals surface area (Å²) in [5.74, 6) is 0. The maximum atomic E-state index is 9.66. The molecule has 0 fully saturated rings. The minimum absolute atomic E-state index is 0.249. The number of benzene rings is 2. The van der Waals surface area contributed by atoms with E-state index in [1.165, 1.54) is 5.56 Å². The van der Waals surface area contributed by atoms with Gasteiger partial charge < -0.3 is 15.7 Å². The Morgan fingerprint density at radius 3 is 2.26 bits per heavy atom. The number of aliphatic hydroxyl groups is 1. The highest BCUT2D eigenvalue weighted by Gasteiger charge is 2.06. The molecule has 0 heterocycles. The van der Waals surface area contributed by atoms with Crippen LogP contribution in [0.4, 0.5) is 5.69 Å². The zero-order chi connectivity index (χ0) is 13.7. The molecule has 3 nitrogen and oxygen atoms in total. The quantitative estimate of drug-likeness (QED) is 0.863. The third-order valence-electron chi connectivity index (χ3n) is 3.20. The second-order valence-corrected chi connectivity index (χ2v) is 4.68. The van der Waals surface area contributed by atoms with Crippen molar-refractivity contribution in [1.82, 2.24) is 0 Å². The number of anilines is 1. The molecule has 2 rings (SSSR count). The topological polar surface area (TPSA) is 49.5 Å². The van der Waals surface area contributed by atoms with Crippen LogP contribution in [0.25, 0.3) is 0 Å². The third-order valence-corrected chi connectivity index (χ3v) is 3.20. The van der Waals surface area contributed by atoms with E-state index in [4.69, 9.17) is 5.73 Å². The third kappa shape index (κ3) is 3.56. The Balaban J connectivity index is 2.05. The Morgan fingerprint density at radius 1 is 1.05 bits per heavy atom. The van der Waals surface area contributed by atoms with Gasteiger partial charge in [-0.2, -0.15) is 0 Å². The first kappa shape index (κ1) is 13.6. The number of aliphatic hydroxyl groups excluding tert-OH is 1. The van der Waals surface area contributed by atoms with Crippen molar-refractivity contribution in [1.29, 1.82) is 0 Å². The van der Waals surface area contributed by atoms with Crippen LogP contribution in [-0.2, 0) is 6.54 Å². The molecular formula is C16H20N2O. The SMILES string of the molecule is CN(Cc1ccccc1)c1ccc(C(O)CN)cc1. The van der Waals surface area contributed by atoms with Crippen LogP contribution in [0, 0.1) is 0 Å². The lowest BCUT2D eigenvalue weighted by Crippen LogP contribution is -2.16. The minimum Gasteiger partial charge on any atom is -0.387 e. The Kier molecular flexibility index (Phi) is 4.55. The maximum Gasteiger partial charge on any atom is 0.0912 e. The molecule has 1 atom stereocenters. The van der Waals surface area contributed by atoms with Gasteiger partial charge in [-0.05, 0) is 23.3 Å². The summed E-state index contributed by atoms with van der Waals surface area (Å²) >= 11 is 0. The fourth-order valence-electron chi connectivity index (χ4n) is 2.04. The van der Waals surface area contributed by atoms with Gasteiger partial charge in [0.25, 0.3) is 0 Å². The Labute approximate surface area is 114 Å². The fraction of sp³-hybridized carbons (Fsp3) is 0.250. The van der Waals surface area contributed by atoms with Crippen molar-refractivity contribution in [3.8, 4) is 0 Å². The van der Waals surface area contributed by atoms with Gasteiger partial charge in [0.05, 0.1) is 6.10 Å². The lowest BCUT2D eigenvalue weighted by molar-refractivity contribution is 0.187. The summed E-state index contributed by atoms with van der Waals surface area (Å²) in [6, 6.07) is 18.2. The van der Waals surface area contributed by atoms with Gasteiger partial charge in [-0.25, -0.2) is 0 Å². The van der Waals surface area contributed by atoms with Gasteiger partial charge in [0, 0.05) is 25.8 Å². The summed E-state index contributed by atoms with van der Waals surface area (Å²) in [7, 11) is 2.06. The smallest absolute Gasteiger partial charge is 0.0912 e. The predicted octanol–water partition coefficient (Wildman–Crippen LogP) is 2.32. The van der Waals surface area contributed by atoms with Crippen LogP contribution in [-0.4, -0.2) is 18.7 Å². The average molecular weight is 256 g/mol. The van der Waals surface area contributed by atoms with Crippen LogP contribution in [0.3, 0.4) is 0 Å². The summed E-state index contributed by atoms with van der Waals surface area (Å²) in [6.45, 7) is 1.11. The van der Waals surface area contributed by atoms with E-state index >= 15 is 0 Å². The van der Waals surface area contributed by atoms with Crippen molar-refractivity contribution in [2.75, 3.05) is 18.5 Å². The first-order valence-corrected chi connectivity index (χ1v) is 6.44. The molecule has 2 aromatic rings. The van der Waals surface area contributed by atoms with E-state index in [2.05, 4.69) is 24.1 Å². The van der Waals surface area contributed by atoms with Crippen molar-refractivity contribution >= 4 is 5.69 Å². The van der Waals surface area contributed by atoms with Crippen LogP contribution >= 0.6 is 0 Å². The largest absolute Gasteiger partial charge is 0.387 e. The van der Waals surface area contributed by atoms with Crippen LogP contribution in [0.1, 0.15) is 17.2 Å². The molecule has 0 radical (unpaired) electrons. The highest BCUT2D eigenvalue weighted by molar-refractivity contribution is 5.47. The van der Waals surface area contributed by atoms with E-state index in [9.17, 15) is 5.11 Å². The van der Waals surface area contributed by atoms with Crippen LogP contribution in [0.5, 0.6) is 0 Å². The summed E-state index contributed by atoms with van der Waals surface area (Å²) < 4.78 is 0. The molecule has 3 N–H and O–H groups in total. The standard InChI is InChI=1S/C16H20N2O/c1-18(12-13-5-3-2-4-6-13)15-9-7-14(8-10-15)16(19)11-17/h2-10,16,19H,11-12,17H2,1H3. The van der Waals surface area contributed by atoms with Crippen molar-refractivity contribution < 1.29 is 5.11 Å². The molecule has 0 aliphatic rings. The van der Waals surface area contributed by atoms with Gasteiger partial charge in [-0.1, -0.05) is 42.5 Å². The number of hydrogen-bond acceptors (Lipinski definition) is 3. The molecule has 0 amide bonds. The number of rotatable bonds is 5. The molecule has 2 aromatic carbocycles. The molecule has 3 heteroatoms. The molecule has 0 aromatic heterocycles. The highest BCUT2D eigenvalue weighted by atomic mass is 16.3. The van der Waals surface area contributed by atoms with Crippen LogP contribution < -0.4 is 10.6 Å². The molecule has 0 bridgehead atoms. The first-order chi connectivity index (χ1) is 9.20. The Hall–Kier alpha value is -1.84. The predicted molar refractivity (Wildman–Crippen MR) is 79.0 cm³/mol. The number of hydrogen-bond donors (Lipinski definition) is 2. The van der Waals surface area contributed by atoms with E-state index in [-0.39, 0.29) is 6.54 Å². The minimum atomic E-state index is -0.575. The fourth-order valence-corrected chi connectivity index (χ4v) is 2.04. The molecule has 0 saturated carbocycles. The van der Waals surface area contributed by atoms with E-state index in [1.807, 2.05) is 42.5 Å². The van der Waals surface area contributed by atoms with Gasteiger partial charge in [-0.3, -0.25) is 0 Å². The van der Waals surface area contributed by atoms with Gasteiger partial charge in [0.1, 0.15) is 0 Å². The van der Waals surface area contributed by atoms with E-state index in [0.717, 1.165) is 17.8 Å². The monoisotopic (exact) mass is 256 g/mol. The molecule has 19 heavy (non-hydrogen) atoms. The van der Waals surface area contributed by atoms with Gasteiger partial charge in [-0.15, -0.1) is 0 Å². The lowest BCUT2D eigenvalue weighted by atomic mass is 10.1. The molecule has 100 valence electrons. The zero-order valence-electron chi connectivity index (χ0n) is 11.2. The molecule has 0 aliphatic heterocycles. The van der Waals surface area contributed by atoms with Crippen molar-refractivity contribution in [3.63, 3.8) is 0 Å². The highest BCUT2D eigenvalue weighted by Crippen LogP contribution is 2.19. The Bertz CT molecular complexity index is 496. The van der Waals surface area contributed by atoms with Gasteiger partial charge in [0.15, 0.2) is 0 Å². The zero-order valence-corrected chi connectivity index (χ0v) is 11.2. The van der Waals surface area contributed by atoms with Gasteiger partial charge >= 0.3 is 0 Å². The van der Waals surface area contributed by atoms with Gasteiger partial charge in [0.2, 0.25) is 0 Å². The Morgan fingerprint density at radius 2 is 1.68 bits per heavy atom. The lowest BCUT2D eigenvalue weighted by Gasteiger charge is -2.20. The van der Waals surface area contributed by atoms with Crippen LogP contribution in [0.2, 0.25) is 0 Å². The van der Waals surface area contributed by atoms with E-state index < -0.39 is 6.10 Å². The van der Waals surface area contributed by atoms with Crippen LogP contribution in [0.15, 0.2) is 54.6 Å². The second-order valence-electron chi connectivity index (χ2n) is 4.68. The van der Waals surface area contributed by atoms with Crippen molar-refractivity contribution in [2.24, 2.45) is 5.73 Å². The number of nitrogens with zero attached hydrogens (tertiary/aromatic N) is 1. The summed E-state index contributed by atoms with van der Waals surface area (Å²) in [6.07, 6.45) is -0.575. The second kappa shape index (κ2) is 6.36. The molecule has 0 aliphatic carbocycles. The molecular weight excluding hydrogens is 236 g/mol. The maximum absolute atomic E-state index is 9.66. The summed E-state index contributed by atoms with van der Waals surface area (Å²) in [4.78, 5) is 2.17. The normalized spacial score (nSPS) is 12.2. The first-order valence-electron chi connectivity index (χ1n) is 6.44.